The number of aryl methyl sites for hydroxylation is 2. The van der Waals surface area contributed by atoms with Crippen molar-refractivity contribution in [1.29, 1.82) is 0 Å². The van der Waals surface area contributed by atoms with Crippen molar-refractivity contribution in [2.45, 2.75) is 20.0 Å². The first kappa shape index (κ1) is 16.6. The summed E-state index contributed by atoms with van der Waals surface area (Å²) >= 11 is 0. The maximum atomic E-state index is 13.2. The van der Waals surface area contributed by atoms with Crippen LogP contribution in [0.4, 0.5) is 18.9 Å². The molecule has 0 radical (unpaired) electrons. The minimum Gasteiger partial charge on any atom is -0.545 e. The van der Waals surface area contributed by atoms with E-state index >= 15 is 0 Å². The van der Waals surface area contributed by atoms with Crippen LogP contribution in [0.25, 0.3) is 11.8 Å². The van der Waals surface area contributed by atoms with Crippen LogP contribution in [0.1, 0.15) is 22.6 Å². The quantitative estimate of drug-likeness (QED) is 0.690. The van der Waals surface area contributed by atoms with Gasteiger partial charge in [0.1, 0.15) is 5.82 Å². The molecule has 2 aromatic rings. The molecule has 0 atom stereocenters. The summed E-state index contributed by atoms with van der Waals surface area (Å²) in [6.45, 7) is 3.36. The van der Waals surface area contributed by atoms with Gasteiger partial charge < -0.3 is 20.2 Å². The van der Waals surface area contributed by atoms with Crippen molar-refractivity contribution in [3.05, 3.63) is 47.1 Å². The van der Waals surface area contributed by atoms with E-state index in [1.807, 2.05) is 0 Å². The van der Waals surface area contributed by atoms with Crippen LogP contribution < -0.4 is 10.8 Å². The molecule has 1 aromatic heterocycles. The van der Waals surface area contributed by atoms with Gasteiger partial charge in [-0.1, -0.05) is 6.08 Å². The summed E-state index contributed by atoms with van der Waals surface area (Å²) in [7, 11) is 0. The summed E-state index contributed by atoms with van der Waals surface area (Å²) in [5.41, 5.74) is 4.70. The number of carbonyl (C=O) groups is 1. The van der Waals surface area contributed by atoms with Crippen LogP contribution in [0.5, 0.6) is 0 Å². The fourth-order valence-corrected chi connectivity index (χ4v) is 2.21. The zero-order valence-electron chi connectivity index (χ0n) is 12.3. The van der Waals surface area contributed by atoms with Gasteiger partial charge in [0.05, 0.1) is 22.9 Å². The molecule has 0 bridgehead atoms. The highest BCUT2D eigenvalue weighted by molar-refractivity contribution is 5.86. The van der Waals surface area contributed by atoms with Crippen molar-refractivity contribution in [3.63, 3.8) is 0 Å². The number of aliphatic carboxylic acids is 1. The lowest BCUT2D eigenvalue weighted by Gasteiger charge is -2.16. The number of halogens is 3. The summed E-state index contributed by atoms with van der Waals surface area (Å²) in [5.74, 6) is -1.03. The zero-order valence-corrected chi connectivity index (χ0v) is 12.3. The Morgan fingerprint density at radius 2 is 2.00 bits per heavy atom. The van der Waals surface area contributed by atoms with Gasteiger partial charge in [0.25, 0.3) is 0 Å². The molecule has 122 valence electrons. The van der Waals surface area contributed by atoms with E-state index in [0.29, 0.717) is 17.6 Å². The Bertz CT molecular complexity index is 792. The summed E-state index contributed by atoms with van der Waals surface area (Å²) in [5, 5.41) is 10.5. The van der Waals surface area contributed by atoms with Gasteiger partial charge in [0.15, 0.2) is 0 Å². The van der Waals surface area contributed by atoms with Crippen molar-refractivity contribution >= 4 is 17.7 Å². The average molecular weight is 324 g/mol. The molecule has 0 spiro atoms. The van der Waals surface area contributed by atoms with Gasteiger partial charge in [0.2, 0.25) is 0 Å². The summed E-state index contributed by atoms with van der Waals surface area (Å²) in [4.78, 5) is 14.6. The van der Waals surface area contributed by atoms with Gasteiger partial charge in [-0.05, 0) is 32.1 Å². The Morgan fingerprint density at radius 3 is 2.48 bits per heavy atom. The first-order valence-corrected chi connectivity index (χ1v) is 6.52. The predicted molar refractivity (Wildman–Crippen MR) is 76.5 cm³/mol. The molecule has 0 aliphatic rings. The van der Waals surface area contributed by atoms with Crippen LogP contribution in [0.2, 0.25) is 0 Å². The van der Waals surface area contributed by atoms with Crippen molar-refractivity contribution in [1.82, 2.24) is 9.55 Å². The van der Waals surface area contributed by atoms with E-state index in [4.69, 9.17) is 5.73 Å². The molecule has 2 rings (SSSR count). The van der Waals surface area contributed by atoms with Crippen molar-refractivity contribution in [2.24, 2.45) is 0 Å². The molecule has 0 fully saturated rings. The molecule has 0 saturated carbocycles. The highest BCUT2D eigenvalue weighted by Gasteiger charge is 2.34. The van der Waals surface area contributed by atoms with Gasteiger partial charge in [-0.15, -0.1) is 0 Å². The monoisotopic (exact) mass is 324 g/mol. The van der Waals surface area contributed by atoms with Gasteiger partial charge >= 0.3 is 6.18 Å². The molecule has 1 heterocycles. The van der Waals surface area contributed by atoms with E-state index in [9.17, 15) is 23.1 Å². The molecular weight excluding hydrogens is 311 g/mol. The lowest BCUT2D eigenvalue weighted by atomic mass is 10.0. The Balaban J connectivity index is 2.71. The Labute approximate surface area is 129 Å². The summed E-state index contributed by atoms with van der Waals surface area (Å²) in [6, 6.07) is 2.26. The maximum Gasteiger partial charge on any atom is 0.418 e. The molecule has 0 amide bonds. The third-order valence-electron chi connectivity index (χ3n) is 3.18. The molecule has 23 heavy (non-hydrogen) atoms. The lowest BCUT2D eigenvalue weighted by molar-refractivity contribution is -0.297. The Morgan fingerprint density at radius 1 is 1.35 bits per heavy atom. The highest BCUT2D eigenvalue weighted by atomic mass is 19.4. The molecule has 1 aromatic carbocycles. The second-order valence-electron chi connectivity index (χ2n) is 4.95. The van der Waals surface area contributed by atoms with Gasteiger partial charge in [-0.3, -0.25) is 0 Å². The molecule has 0 aliphatic carbocycles. The van der Waals surface area contributed by atoms with E-state index in [2.05, 4.69) is 4.98 Å². The highest BCUT2D eigenvalue weighted by Crippen LogP contribution is 2.37. The average Bonchev–Trinajstić information content (AvgIpc) is 2.75. The fourth-order valence-electron chi connectivity index (χ4n) is 2.21. The van der Waals surface area contributed by atoms with E-state index in [-0.39, 0.29) is 11.3 Å². The van der Waals surface area contributed by atoms with Crippen molar-refractivity contribution < 1.29 is 23.1 Å². The number of anilines is 1. The van der Waals surface area contributed by atoms with E-state index in [0.717, 1.165) is 12.1 Å². The number of nitrogens with zero attached hydrogens (tertiary/aromatic N) is 2. The predicted octanol–water partition coefficient (Wildman–Crippen LogP) is 1.85. The zero-order chi connectivity index (χ0) is 17.4. The molecule has 5 nitrogen and oxygen atoms in total. The molecule has 8 heteroatoms. The number of nitrogen functional groups attached to an aromatic ring is 1. The van der Waals surface area contributed by atoms with Gasteiger partial charge in [-0.25, -0.2) is 4.98 Å². The summed E-state index contributed by atoms with van der Waals surface area (Å²) in [6.07, 6.45) is -1.49. The summed E-state index contributed by atoms with van der Waals surface area (Å²) < 4.78 is 41.0. The third-order valence-corrected chi connectivity index (χ3v) is 3.18. The number of carboxylic acid groups (broad SMARTS) is 1. The Hall–Kier alpha value is -2.77. The van der Waals surface area contributed by atoms with Crippen LogP contribution in [0.3, 0.4) is 0 Å². The minimum atomic E-state index is -4.67. The van der Waals surface area contributed by atoms with Crippen molar-refractivity contribution in [2.75, 3.05) is 5.73 Å². The fraction of sp³-hybridized carbons (Fsp3) is 0.200. The SMILES string of the molecule is Cc1cn(-c2cc(/C=C/C(=O)[O-])c(N)c(C(F)(F)F)c2)c(C)n1. The van der Waals surface area contributed by atoms with Crippen LogP contribution in [0, 0.1) is 13.8 Å². The molecule has 0 unspecified atom stereocenters. The van der Waals surface area contributed by atoms with Crippen LogP contribution in [0.15, 0.2) is 24.4 Å². The Kier molecular flexibility index (Phi) is 4.18. The normalized spacial score (nSPS) is 12.0. The number of rotatable bonds is 3. The van der Waals surface area contributed by atoms with Crippen LogP contribution >= 0.6 is 0 Å². The topological polar surface area (TPSA) is 84.0 Å². The second kappa shape index (κ2) is 5.79. The van der Waals surface area contributed by atoms with Gasteiger partial charge in [0, 0.05) is 17.4 Å². The number of hydrogen-bond acceptors (Lipinski definition) is 4. The number of aromatic nitrogens is 2. The molecule has 0 aliphatic heterocycles. The number of benzene rings is 1. The standard InChI is InChI=1S/C15H14F3N3O2/c1-8-7-21(9(2)20-8)11-5-10(3-4-13(22)23)14(19)12(6-11)15(16,17)18/h3-7H,19H2,1-2H3,(H,22,23)/p-1/b4-3+. The van der Waals surface area contributed by atoms with E-state index in [1.54, 1.807) is 20.0 Å². The molecule has 2 N–H and O–H groups in total. The second-order valence-corrected chi connectivity index (χ2v) is 4.95. The number of hydrogen-bond donors (Lipinski definition) is 1. The van der Waals surface area contributed by atoms with E-state index in [1.165, 1.54) is 10.6 Å². The number of imidazole rings is 1. The lowest BCUT2D eigenvalue weighted by Crippen LogP contribution is -2.18. The number of nitrogens with two attached hydrogens (primary N) is 1. The number of carboxylic acids is 1. The first-order valence-electron chi connectivity index (χ1n) is 6.52. The third kappa shape index (κ3) is 3.53. The smallest absolute Gasteiger partial charge is 0.418 e. The first-order chi connectivity index (χ1) is 10.6. The molecular formula is C15H13F3N3O2-. The largest absolute Gasteiger partial charge is 0.545 e. The minimum absolute atomic E-state index is 0.0650. The van der Waals surface area contributed by atoms with Crippen molar-refractivity contribution in [3.8, 4) is 5.69 Å². The maximum absolute atomic E-state index is 13.2. The van der Waals surface area contributed by atoms with E-state index < -0.39 is 23.4 Å². The van der Waals surface area contributed by atoms with Gasteiger partial charge in [-0.2, -0.15) is 13.2 Å². The number of alkyl halides is 3. The van der Waals surface area contributed by atoms with Crippen LogP contribution in [-0.2, 0) is 11.0 Å². The number of carbonyl (C=O) groups excluding carboxylic acids is 1. The molecule has 0 saturated heterocycles. The van der Waals surface area contributed by atoms with Crippen LogP contribution in [-0.4, -0.2) is 15.5 Å².